The molecule has 3 unspecified atom stereocenters. The zero-order valence-corrected chi connectivity index (χ0v) is 13.4. The van der Waals surface area contributed by atoms with E-state index >= 15 is 0 Å². The maximum Gasteiger partial charge on any atom is 0.142 e. The first-order chi connectivity index (χ1) is 9.33. The standard InChI is InChI=1S/C17H25ClFN/c1-11(2)14-8-7-12(3)9-17(14,20)10-13-5-4-6-15(19)16(13)18/h4-6,11-12,14H,7-10,20H2,1-3H3. The lowest BCUT2D eigenvalue weighted by Crippen LogP contribution is -2.54. The van der Waals surface area contributed by atoms with Crippen LogP contribution in [0.5, 0.6) is 0 Å². The Morgan fingerprint density at radius 1 is 1.40 bits per heavy atom. The topological polar surface area (TPSA) is 26.0 Å². The second-order valence-electron chi connectivity index (χ2n) is 6.86. The largest absolute Gasteiger partial charge is 0.325 e. The first-order valence-corrected chi connectivity index (χ1v) is 7.93. The van der Waals surface area contributed by atoms with Crippen LogP contribution in [0, 0.1) is 23.6 Å². The van der Waals surface area contributed by atoms with Crippen molar-refractivity contribution in [2.45, 2.75) is 52.0 Å². The molecule has 1 aliphatic carbocycles. The molecule has 20 heavy (non-hydrogen) atoms. The van der Waals surface area contributed by atoms with E-state index in [0.29, 0.717) is 24.2 Å². The molecule has 1 aliphatic rings. The van der Waals surface area contributed by atoms with E-state index in [9.17, 15) is 4.39 Å². The maximum absolute atomic E-state index is 13.6. The second-order valence-corrected chi connectivity index (χ2v) is 7.24. The molecule has 0 heterocycles. The molecule has 1 aromatic carbocycles. The summed E-state index contributed by atoms with van der Waals surface area (Å²) in [5.41, 5.74) is 7.33. The number of hydrogen-bond donors (Lipinski definition) is 1. The number of rotatable bonds is 3. The molecule has 2 rings (SSSR count). The molecule has 112 valence electrons. The van der Waals surface area contributed by atoms with E-state index < -0.39 is 0 Å². The van der Waals surface area contributed by atoms with Crippen molar-refractivity contribution in [2.75, 3.05) is 0 Å². The summed E-state index contributed by atoms with van der Waals surface area (Å²) in [6.45, 7) is 6.72. The minimum Gasteiger partial charge on any atom is -0.325 e. The third kappa shape index (κ3) is 3.17. The summed E-state index contributed by atoms with van der Waals surface area (Å²) < 4.78 is 13.6. The van der Waals surface area contributed by atoms with Crippen molar-refractivity contribution in [3.05, 3.63) is 34.6 Å². The molecule has 0 amide bonds. The zero-order chi connectivity index (χ0) is 14.9. The van der Waals surface area contributed by atoms with Gasteiger partial charge in [0, 0.05) is 5.54 Å². The van der Waals surface area contributed by atoms with Gasteiger partial charge in [-0.3, -0.25) is 0 Å². The van der Waals surface area contributed by atoms with Crippen molar-refractivity contribution in [1.29, 1.82) is 0 Å². The van der Waals surface area contributed by atoms with Gasteiger partial charge in [0.15, 0.2) is 0 Å². The summed E-state index contributed by atoms with van der Waals surface area (Å²) in [5.74, 6) is 1.29. The first-order valence-electron chi connectivity index (χ1n) is 7.55. The van der Waals surface area contributed by atoms with Crippen LogP contribution in [-0.4, -0.2) is 5.54 Å². The molecule has 0 bridgehead atoms. The van der Waals surface area contributed by atoms with Gasteiger partial charge in [-0.05, 0) is 48.6 Å². The van der Waals surface area contributed by atoms with E-state index in [-0.39, 0.29) is 16.4 Å². The van der Waals surface area contributed by atoms with Crippen LogP contribution >= 0.6 is 11.6 Å². The van der Waals surface area contributed by atoms with Crippen LogP contribution in [0.4, 0.5) is 4.39 Å². The Kier molecular flexibility index (Phi) is 4.76. The van der Waals surface area contributed by atoms with Crippen LogP contribution in [0.25, 0.3) is 0 Å². The summed E-state index contributed by atoms with van der Waals surface area (Å²) in [6.07, 6.45) is 4.04. The van der Waals surface area contributed by atoms with E-state index in [0.717, 1.165) is 18.4 Å². The van der Waals surface area contributed by atoms with Gasteiger partial charge >= 0.3 is 0 Å². The number of halogens is 2. The molecular weight excluding hydrogens is 273 g/mol. The molecular formula is C17H25ClFN. The average Bonchev–Trinajstić information content (AvgIpc) is 2.34. The summed E-state index contributed by atoms with van der Waals surface area (Å²) >= 11 is 6.11. The number of nitrogens with two attached hydrogens (primary N) is 1. The van der Waals surface area contributed by atoms with E-state index in [2.05, 4.69) is 20.8 Å². The molecule has 0 spiro atoms. The predicted octanol–water partition coefficient (Wildman–Crippen LogP) is 4.81. The Morgan fingerprint density at radius 3 is 2.75 bits per heavy atom. The predicted molar refractivity (Wildman–Crippen MR) is 83.4 cm³/mol. The molecule has 1 aromatic rings. The van der Waals surface area contributed by atoms with Gasteiger partial charge in [0.1, 0.15) is 5.82 Å². The monoisotopic (exact) mass is 297 g/mol. The summed E-state index contributed by atoms with van der Waals surface area (Å²) in [6, 6.07) is 5.02. The number of benzene rings is 1. The van der Waals surface area contributed by atoms with Crippen LogP contribution in [-0.2, 0) is 6.42 Å². The normalized spacial score (nSPS) is 30.8. The zero-order valence-electron chi connectivity index (χ0n) is 12.6. The highest BCUT2D eigenvalue weighted by Gasteiger charge is 2.41. The minimum atomic E-state index is -0.349. The Hall–Kier alpha value is -0.600. The van der Waals surface area contributed by atoms with Crippen molar-refractivity contribution < 1.29 is 4.39 Å². The van der Waals surface area contributed by atoms with Gasteiger partial charge in [-0.2, -0.15) is 0 Å². The van der Waals surface area contributed by atoms with Crippen molar-refractivity contribution in [1.82, 2.24) is 0 Å². The molecule has 0 radical (unpaired) electrons. The maximum atomic E-state index is 13.6. The van der Waals surface area contributed by atoms with Crippen LogP contribution in [0.15, 0.2) is 18.2 Å². The van der Waals surface area contributed by atoms with Crippen LogP contribution in [0.3, 0.4) is 0 Å². The van der Waals surface area contributed by atoms with Gasteiger partial charge < -0.3 is 5.73 Å². The lowest BCUT2D eigenvalue weighted by Gasteiger charge is -2.46. The van der Waals surface area contributed by atoms with E-state index in [1.54, 1.807) is 6.07 Å². The molecule has 2 N–H and O–H groups in total. The minimum absolute atomic E-state index is 0.234. The van der Waals surface area contributed by atoms with Gasteiger partial charge in [0.2, 0.25) is 0 Å². The van der Waals surface area contributed by atoms with Crippen molar-refractivity contribution >= 4 is 11.6 Å². The van der Waals surface area contributed by atoms with Gasteiger partial charge in [0.05, 0.1) is 5.02 Å². The molecule has 1 nitrogen and oxygen atoms in total. The molecule has 0 saturated heterocycles. The van der Waals surface area contributed by atoms with Crippen molar-refractivity contribution in [3.8, 4) is 0 Å². The summed E-state index contributed by atoms with van der Waals surface area (Å²) in [4.78, 5) is 0. The van der Waals surface area contributed by atoms with Gasteiger partial charge in [-0.25, -0.2) is 4.39 Å². The third-order valence-electron chi connectivity index (χ3n) is 4.79. The first kappa shape index (κ1) is 15.8. The highest BCUT2D eigenvalue weighted by molar-refractivity contribution is 6.31. The van der Waals surface area contributed by atoms with E-state index in [4.69, 9.17) is 17.3 Å². The van der Waals surface area contributed by atoms with Gasteiger partial charge in [-0.1, -0.05) is 50.9 Å². The number of hydrogen-bond acceptors (Lipinski definition) is 1. The highest BCUT2D eigenvalue weighted by Crippen LogP contribution is 2.42. The molecule has 1 saturated carbocycles. The second kappa shape index (κ2) is 6.03. The fourth-order valence-corrected chi connectivity index (χ4v) is 4.09. The third-order valence-corrected chi connectivity index (χ3v) is 5.22. The van der Waals surface area contributed by atoms with Crippen LogP contribution < -0.4 is 5.73 Å². The fraction of sp³-hybridized carbons (Fsp3) is 0.647. The highest BCUT2D eigenvalue weighted by atomic mass is 35.5. The Labute approximate surface area is 126 Å². The SMILES string of the molecule is CC1CCC(C(C)C)C(N)(Cc2cccc(F)c2Cl)C1. The Bertz CT molecular complexity index is 474. The smallest absolute Gasteiger partial charge is 0.142 e. The van der Waals surface area contributed by atoms with Gasteiger partial charge in [-0.15, -0.1) is 0 Å². The average molecular weight is 298 g/mol. The Morgan fingerprint density at radius 2 is 2.10 bits per heavy atom. The van der Waals surface area contributed by atoms with E-state index in [1.807, 2.05) is 6.07 Å². The van der Waals surface area contributed by atoms with Crippen molar-refractivity contribution in [2.24, 2.45) is 23.5 Å². The van der Waals surface area contributed by atoms with Crippen LogP contribution in [0.1, 0.15) is 45.6 Å². The molecule has 1 fully saturated rings. The summed E-state index contributed by atoms with van der Waals surface area (Å²) in [7, 11) is 0. The van der Waals surface area contributed by atoms with Crippen molar-refractivity contribution in [3.63, 3.8) is 0 Å². The molecule has 3 atom stereocenters. The fourth-order valence-electron chi connectivity index (χ4n) is 3.89. The lowest BCUT2D eigenvalue weighted by atomic mass is 9.63. The summed E-state index contributed by atoms with van der Waals surface area (Å²) in [5, 5.41) is 0.234. The lowest BCUT2D eigenvalue weighted by molar-refractivity contribution is 0.109. The van der Waals surface area contributed by atoms with E-state index in [1.165, 1.54) is 12.5 Å². The molecule has 3 heteroatoms. The van der Waals surface area contributed by atoms with Crippen LogP contribution in [0.2, 0.25) is 5.02 Å². The molecule has 0 aliphatic heterocycles. The Balaban J connectivity index is 2.29. The molecule has 0 aromatic heterocycles. The quantitative estimate of drug-likeness (QED) is 0.851. The van der Waals surface area contributed by atoms with Gasteiger partial charge in [0.25, 0.3) is 0 Å².